The van der Waals surface area contributed by atoms with Crippen LogP contribution in [0.15, 0.2) is 12.4 Å². The summed E-state index contributed by atoms with van der Waals surface area (Å²) in [7, 11) is -3.11. The third-order valence-electron chi connectivity index (χ3n) is 2.88. The molecule has 2 rings (SSSR count). The minimum Gasteiger partial charge on any atom is -0.248 e. The lowest BCUT2D eigenvalue weighted by atomic mass is 10.3. The van der Waals surface area contributed by atoms with E-state index in [1.807, 2.05) is 13.8 Å². The molecular formula is C10H18N4O2S. The molecule has 1 saturated heterocycles. The maximum absolute atomic E-state index is 12.0. The van der Waals surface area contributed by atoms with Crippen LogP contribution in [0.3, 0.4) is 0 Å². The first-order valence-corrected chi connectivity index (χ1v) is 7.43. The largest absolute Gasteiger partial charge is 0.248 e. The Balaban J connectivity index is 2.03. The van der Waals surface area contributed by atoms with Crippen molar-refractivity contribution in [1.29, 1.82) is 0 Å². The molecule has 0 N–H and O–H groups in total. The Labute approximate surface area is 102 Å². The molecule has 0 bridgehead atoms. The fourth-order valence-corrected chi connectivity index (χ4v) is 3.95. The molecule has 1 fully saturated rings. The average molecular weight is 258 g/mol. The summed E-state index contributed by atoms with van der Waals surface area (Å²) in [6, 6.07) is 0.124. The summed E-state index contributed by atoms with van der Waals surface area (Å²) >= 11 is 0. The van der Waals surface area contributed by atoms with E-state index in [-0.39, 0.29) is 17.7 Å². The molecule has 0 radical (unpaired) electrons. The molecule has 1 aromatic heterocycles. The topological polar surface area (TPSA) is 68.1 Å². The summed E-state index contributed by atoms with van der Waals surface area (Å²) in [5.41, 5.74) is 0. The Morgan fingerprint density at radius 2 is 2.24 bits per heavy atom. The fraction of sp³-hybridized carbons (Fsp3) is 0.800. The highest BCUT2D eigenvalue weighted by Crippen LogP contribution is 2.23. The van der Waals surface area contributed by atoms with Gasteiger partial charge < -0.3 is 0 Å². The van der Waals surface area contributed by atoms with E-state index in [2.05, 4.69) is 10.3 Å². The van der Waals surface area contributed by atoms with Crippen molar-refractivity contribution in [2.24, 2.45) is 5.92 Å². The van der Waals surface area contributed by atoms with E-state index in [1.165, 1.54) is 0 Å². The molecular weight excluding hydrogens is 240 g/mol. The Bertz CT molecular complexity index is 455. The standard InChI is InChI=1S/C10H18N4O2S/c1-9(2)8-17(15,16)13-5-3-10(7-13)14-6-4-11-12-14/h4,6,9-10H,3,5,7-8H2,1-2H3. The van der Waals surface area contributed by atoms with E-state index < -0.39 is 10.0 Å². The second-order valence-electron chi connectivity index (χ2n) is 4.86. The zero-order valence-corrected chi connectivity index (χ0v) is 11.0. The van der Waals surface area contributed by atoms with Gasteiger partial charge in [0.1, 0.15) is 0 Å². The summed E-state index contributed by atoms with van der Waals surface area (Å²) in [6.45, 7) is 4.93. The van der Waals surface area contributed by atoms with Crippen molar-refractivity contribution < 1.29 is 8.42 Å². The van der Waals surface area contributed by atoms with Gasteiger partial charge in [-0.3, -0.25) is 0 Å². The minimum atomic E-state index is -3.11. The molecule has 0 aliphatic carbocycles. The lowest BCUT2D eigenvalue weighted by molar-refractivity contribution is 0.425. The summed E-state index contributed by atoms with van der Waals surface area (Å²) in [4.78, 5) is 0. The molecule has 7 heteroatoms. The van der Waals surface area contributed by atoms with Gasteiger partial charge in [-0.25, -0.2) is 13.1 Å². The van der Waals surface area contributed by atoms with Crippen molar-refractivity contribution in [2.75, 3.05) is 18.8 Å². The van der Waals surface area contributed by atoms with Gasteiger partial charge in [0.25, 0.3) is 0 Å². The van der Waals surface area contributed by atoms with Crippen molar-refractivity contribution >= 4 is 10.0 Å². The van der Waals surface area contributed by atoms with Crippen LogP contribution in [0, 0.1) is 5.92 Å². The molecule has 0 aromatic carbocycles. The van der Waals surface area contributed by atoms with Crippen LogP contribution in [0.25, 0.3) is 0 Å². The molecule has 0 saturated carbocycles. The van der Waals surface area contributed by atoms with Crippen LogP contribution in [-0.4, -0.2) is 46.6 Å². The maximum Gasteiger partial charge on any atom is 0.214 e. The van der Waals surface area contributed by atoms with E-state index in [9.17, 15) is 8.42 Å². The first-order chi connectivity index (χ1) is 7.99. The molecule has 2 heterocycles. The van der Waals surface area contributed by atoms with E-state index in [1.54, 1.807) is 21.4 Å². The summed E-state index contributed by atoms with van der Waals surface area (Å²) in [5.74, 6) is 0.377. The van der Waals surface area contributed by atoms with E-state index in [0.29, 0.717) is 13.1 Å². The highest BCUT2D eigenvalue weighted by Gasteiger charge is 2.32. The van der Waals surface area contributed by atoms with Crippen LogP contribution in [-0.2, 0) is 10.0 Å². The third kappa shape index (κ3) is 2.84. The smallest absolute Gasteiger partial charge is 0.214 e. The molecule has 96 valence electrons. The number of aromatic nitrogens is 3. The zero-order valence-electron chi connectivity index (χ0n) is 10.2. The first kappa shape index (κ1) is 12.5. The molecule has 17 heavy (non-hydrogen) atoms. The number of rotatable bonds is 4. The molecule has 6 nitrogen and oxygen atoms in total. The van der Waals surface area contributed by atoms with Gasteiger partial charge >= 0.3 is 0 Å². The number of hydrogen-bond donors (Lipinski definition) is 0. The van der Waals surface area contributed by atoms with Gasteiger partial charge in [-0.1, -0.05) is 19.1 Å². The van der Waals surface area contributed by atoms with Crippen molar-refractivity contribution in [2.45, 2.75) is 26.3 Å². The van der Waals surface area contributed by atoms with Crippen LogP contribution >= 0.6 is 0 Å². The summed E-state index contributed by atoms with van der Waals surface area (Å²) < 4.78 is 27.4. The second kappa shape index (κ2) is 4.73. The van der Waals surface area contributed by atoms with Gasteiger partial charge in [-0.2, -0.15) is 4.31 Å². The molecule has 1 aliphatic heterocycles. The number of nitrogens with zero attached hydrogens (tertiary/aromatic N) is 4. The van der Waals surface area contributed by atoms with Crippen molar-refractivity contribution in [3.8, 4) is 0 Å². The molecule has 1 atom stereocenters. The van der Waals surface area contributed by atoms with Gasteiger partial charge in [0.2, 0.25) is 10.0 Å². The molecule has 1 aromatic rings. The van der Waals surface area contributed by atoms with Crippen LogP contribution in [0.2, 0.25) is 0 Å². The quantitative estimate of drug-likeness (QED) is 0.789. The van der Waals surface area contributed by atoms with Crippen molar-refractivity contribution in [3.05, 3.63) is 12.4 Å². The Morgan fingerprint density at radius 3 is 2.82 bits per heavy atom. The molecule has 1 aliphatic rings. The van der Waals surface area contributed by atoms with Gasteiger partial charge in [-0.05, 0) is 12.3 Å². The minimum absolute atomic E-state index is 0.124. The average Bonchev–Trinajstić information content (AvgIpc) is 2.87. The Hall–Kier alpha value is -0.950. The van der Waals surface area contributed by atoms with Gasteiger partial charge in [-0.15, -0.1) is 5.10 Å². The van der Waals surface area contributed by atoms with Crippen molar-refractivity contribution in [1.82, 2.24) is 19.3 Å². The second-order valence-corrected chi connectivity index (χ2v) is 6.87. The number of hydrogen-bond acceptors (Lipinski definition) is 4. The first-order valence-electron chi connectivity index (χ1n) is 5.82. The molecule has 0 amide bonds. The normalized spacial score (nSPS) is 22.4. The maximum atomic E-state index is 12.0. The van der Waals surface area contributed by atoms with Gasteiger partial charge in [0.05, 0.1) is 18.0 Å². The molecule has 0 spiro atoms. The molecule has 1 unspecified atom stereocenters. The summed E-state index contributed by atoms with van der Waals surface area (Å²) in [5, 5.41) is 7.67. The van der Waals surface area contributed by atoms with Crippen LogP contribution in [0.4, 0.5) is 0 Å². The van der Waals surface area contributed by atoms with Gasteiger partial charge in [0, 0.05) is 19.3 Å². The van der Waals surface area contributed by atoms with E-state index >= 15 is 0 Å². The van der Waals surface area contributed by atoms with E-state index in [4.69, 9.17) is 0 Å². The highest BCUT2D eigenvalue weighted by atomic mass is 32.2. The fourth-order valence-electron chi connectivity index (χ4n) is 2.12. The van der Waals surface area contributed by atoms with Gasteiger partial charge in [0.15, 0.2) is 0 Å². The predicted octanol–water partition coefficient (Wildman–Crippen LogP) is 0.511. The van der Waals surface area contributed by atoms with Crippen LogP contribution in [0.5, 0.6) is 0 Å². The SMILES string of the molecule is CC(C)CS(=O)(=O)N1CCC(n2ccnn2)C1. The van der Waals surface area contributed by atoms with Crippen LogP contribution in [0.1, 0.15) is 26.3 Å². The lowest BCUT2D eigenvalue weighted by Crippen LogP contribution is -2.33. The summed E-state index contributed by atoms with van der Waals surface area (Å²) in [6.07, 6.45) is 4.20. The monoisotopic (exact) mass is 258 g/mol. The number of sulfonamides is 1. The highest BCUT2D eigenvalue weighted by molar-refractivity contribution is 7.89. The lowest BCUT2D eigenvalue weighted by Gasteiger charge is -2.17. The Kier molecular flexibility index (Phi) is 3.48. The third-order valence-corrected chi connectivity index (χ3v) is 5.08. The van der Waals surface area contributed by atoms with E-state index in [0.717, 1.165) is 6.42 Å². The Morgan fingerprint density at radius 1 is 1.47 bits per heavy atom. The zero-order chi connectivity index (χ0) is 12.5. The predicted molar refractivity (Wildman–Crippen MR) is 63.9 cm³/mol. The van der Waals surface area contributed by atoms with Crippen LogP contribution < -0.4 is 0 Å². The van der Waals surface area contributed by atoms with Crippen molar-refractivity contribution in [3.63, 3.8) is 0 Å².